The van der Waals surface area contributed by atoms with Crippen molar-refractivity contribution in [1.29, 1.82) is 0 Å². The number of imidazole rings is 1. The third kappa shape index (κ3) is 1.06. The third-order valence-electron chi connectivity index (χ3n) is 1.76. The normalized spacial score (nSPS) is 10.8. The molecule has 2 heterocycles. The minimum absolute atomic E-state index is 0.133. The molecule has 0 fully saturated rings. The summed E-state index contributed by atoms with van der Waals surface area (Å²) in [5.41, 5.74) is 1.88. The van der Waals surface area contributed by atoms with Gasteiger partial charge in [0.2, 0.25) is 0 Å². The molecule has 62 valence electrons. The maximum absolute atomic E-state index is 8.73. The van der Waals surface area contributed by atoms with Gasteiger partial charge in [-0.2, -0.15) is 0 Å². The van der Waals surface area contributed by atoms with E-state index in [0.29, 0.717) is 6.54 Å². The van der Waals surface area contributed by atoms with Gasteiger partial charge in [0.05, 0.1) is 24.6 Å². The summed E-state index contributed by atoms with van der Waals surface area (Å²) in [5.74, 6) is 0. The zero-order valence-electron chi connectivity index (χ0n) is 6.51. The fourth-order valence-corrected chi connectivity index (χ4v) is 1.20. The zero-order chi connectivity index (χ0) is 8.39. The number of aromatic nitrogens is 3. The number of pyridine rings is 1. The van der Waals surface area contributed by atoms with Gasteiger partial charge in [-0.3, -0.25) is 4.98 Å². The molecular formula is C8H9N3O. The Kier molecular flexibility index (Phi) is 1.75. The van der Waals surface area contributed by atoms with E-state index in [1.165, 1.54) is 0 Å². The first-order valence-electron chi connectivity index (χ1n) is 3.77. The lowest BCUT2D eigenvalue weighted by atomic mass is 10.4. The molecule has 0 atom stereocenters. The molecule has 0 saturated heterocycles. The second-order valence-electron chi connectivity index (χ2n) is 2.53. The summed E-state index contributed by atoms with van der Waals surface area (Å²) in [7, 11) is 0. The first-order valence-corrected chi connectivity index (χ1v) is 3.77. The molecule has 2 aromatic heterocycles. The molecule has 0 aliphatic carbocycles. The van der Waals surface area contributed by atoms with Crippen LogP contribution in [0.5, 0.6) is 0 Å². The molecule has 0 aromatic carbocycles. The molecule has 0 aliphatic rings. The van der Waals surface area contributed by atoms with Crippen molar-refractivity contribution in [3.63, 3.8) is 0 Å². The molecule has 2 aromatic rings. The second kappa shape index (κ2) is 2.91. The van der Waals surface area contributed by atoms with Gasteiger partial charge in [0, 0.05) is 12.7 Å². The van der Waals surface area contributed by atoms with E-state index in [2.05, 4.69) is 9.97 Å². The van der Waals surface area contributed by atoms with Crippen LogP contribution in [-0.2, 0) is 6.54 Å². The summed E-state index contributed by atoms with van der Waals surface area (Å²) in [4.78, 5) is 8.07. The largest absolute Gasteiger partial charge is 0.395 e. The van der Waals surface area contributed by atoms with E-state index < -0.39 is 0 Å². The molecule has 4 heteroatoms. The Morgan fingerprint density at radius 2 is 2.42 bits per heavy atom. The van der Waals surface area contributed by atoms with E-state index in [0.717, 1.165) is 11.0 Å². The molecule has 12 heavy (non-hydrogen) atoms. The second-order valence-corrected chi connectivity index (χ2v) is 2.53. The van der Waals surface area contributed by atoms with Gasteiger partial charge in [-0.1, -0.05) is 0 Å². The van der Waals surface area contributed by atoms with Crippen LogP contribution in [0, 0.1) is 0 Å². The summed E-state index contributed by atoms with van der Waals surface area (Å²) in [6.45, 7) is 0.717. The Labute approximate surface area is 69.5 Å². The van der Waals surface area contributed by atoms with Crippen molar-refractivity contribution in [3.05, 3.63) is 24.8 Å². The smallest absolute Gasteiger partial charge is 0.107 e. The van der Waals surface area contributed by atoms with Gasteiger partial charge in [0.25, 0.3) is 0 Å². The molecule has 0 saturated carbocycles. The minimum Gasteiger partial charge on any atom is -0.395 e. The molecule has 4 nitrogen and oxygen atoms in total. The minimum atomic E-state index is 0.133. The third-order valence-corrected chi connectivity index (χ3v) is 1.76. The molecule has 0 amide bonds. The number of hydrogen-bond acceptors (Lipinski definition) is 3. The Morgan fingerprint density at radius 1 is 1.50 bits per heavy atom. The zero-order valence-corrected chi connectivity index (χ0v) is 6.51. The van der Waals surface area contributed by atoms with Crippen molar-refractivity contribution in [2.75, 3.05) is 6.61 Å². The van der Waals surface area contributed by atoms with Gasteiger partial charge in [0.15, 0.2) is 0 Å². The van der Waals surface area contributed by atoms with E-state index in [1.807, 2.05) is 10.6 Å². The predicted molar refractivity (Wildman–Crippen MR) is 44.6 cm³/mol. The highest BCUT2D eigenvalue weighted by atomic mass is 16.3. The van der Waals surface area contributed by atoms with Crippen LogP contribution < -0.4 is 0 Å². The predicted octanol–water partition coefficient (Wildman–Crippen LogP) is 0.424. The van der Waals surface area contributed by atoms with Crippen molar-refractivity contribution in [3.8, 4) is 0 Å². The van der Waals surface area contributed by atoms with Crippen LogP contribution in [0.2, 0.25) is 0 Å². The summed E-state index contributed by atoms with van der Waals surface area (Å²) in [6.07, 6.45) is 5.14. The van der Waals surface area contributed by atoms with E-state index in [4.69, 9.17) is 5.11 Å². The van der Waals surface area contributed by atoms with Crippen LogP contribution in [0.15, 0.2) is 24.8 Å². The van der Waals surface area contributed by atoms with Crippen molar-refractivity contribution >= 4 is 11.0 Å². The first kappa shape index (κ1) is 7.24. The molecule has 0 radical (unpaired) electrons. The Hall–Kier alpha value is -1.42. The average molecular weight is 163 g/mol. The molecule has 0 aliphatic heterocycles. The van der Waals surface area contributed by atoms with E-state index in [-0.39, 0.29) is 6.61 Å². The molecule has 1 N–H and O–H groups in total. The SMILES string of the molecule is OCCn1cnc2cnccc21. The maximum Gasteiger partial charge on any atom is 0.107 e. The Bertz CT molecular complexity index is 382. The highest BCUT2D eigenvalue weighted by Gasteiger charge is 1.99. The lowest BCUT2D eigenvalue weighted by molar-refractivity contribution is 0.278. The van der Waals surface area contributed by atoms with Crippen LogP contribution in [0.4, 0.5) is 0 Å². The van der Waals surface area contributed by atoms with Crippen molar-refractivity contribution in [2.24, 2.45) is 0 Å². The average Bonchev–Trinajstić information content (AvgIpc) is 2.50. The van der Waals surface area contributed by atoms with Crippen LogP contribution in [-0.4, -0.2) is 26.2 Å². The molecule has 0 bridgehead atoms. The first-order chi connectivity index (χ1) is 5.92. The van der Waals surface area contributed by atoms with E-state index in [1.54, 1.807) is 18.7 Å². The Balaban J connectivity index is 2.55. The summed E-state index contributed by atoms with van der Waals surface area (Å²) in [6, 6.07) is 1.89. The maximum atomic E-state index is 8.73. The van der Waals surface area contributed by atoms with Gasteiger partial charge in [-0.15, -0.1) is 0 Å². The van der Waals surface area contributed by atoms with Crippen molar-refractivity contribution in [1.82, 2.24) is 14.5 Å². The topological polar surface area (TPSA) is 50.9 Å². The molecule has 0 unspecified atom stereocenters. The Morgan fingerprint density at radius 3 is 3.25 bits per heavy atom. The summed E-state index contributed by atoms with van der Waals surface area (Å²) >= 11 is 0. The van der Waals surface area contributed by atoms with Crippen LogP contribution in [0.1, 0.15) is 0 Å². The number of aliphatic hydroxyl groups excluding tert-OH is 1. The van der Waals surface area contributed by atoms with Gasteiger partial charge >= 0.3 is 0 Å². The molecule has 0 spiro atoms. The highest BCUT2D eigenvalue weighted by molar-refractivity contribution is 5.73. The lowest BCUT2D eigenvalue weighted by Crippen LogP contribution is -1.99. The van der Waals surface area contributed by atoms with Crippen molar-refractivity contribution in [2.45, 2.75) is 6.54 Å². The summed E-state index contributed by atoms with van der Waals surface area (Å²) < 4.78 is 1.90. The van der Waals surface area contributed by atoms with Crippen LogP contribution in [0.3, 0.4) is 0 Å². The number of aliphatic hydroxyl groups is 1. The number of nitrogens with zero attached hydrogens (tertiary/aromatic N) is 3. The van der Waals surface area contributed by atoms with Crippen molar-refractivity contribution < 1.29 is 5.11 Å². The summed E-state index contributed by atoms with van der Waals surface area (Å²) in [5, 5.41) is 8.73. The standard InChI is InChI=1S/C8H9N3O/c12-4-3-11-6-10-7-5-9-2-1-8(7)11/h1-2,5-6,12H,3-4H2. The fourth-order valence-electron chi connectivity index (χ4n) is 1.20. The van der Waals surface area contributed by atoms with Crippen LogP contribution >= 0.6 is 0 Å². The fraction of sp³-hybridized carbons (Fsp3) is 0.250. The van der Waals surface area contributed by atoms with Gasteiger partial charge in [0.1, 0.15) is 5.52 Å². The van der Waals surface area contributed by atoms with Gasteiger partial charge < -0.3 is 9.67 Å². The van der Waals surface area contributed by atoms with Crippen LogP contribution in [0.25, 0.3) is 11.0 Å². The quantitative estimate of drug-likeness (QED) is 0.698. The van der Waals surface area contributed by atoms with Gasteiger partial charge in [-0.25, -0.2) is 4.98 Å². The van der Waals surface area contributed by atoms with E-state index >= 15 is 0 Å². The monoisotopic (exact) mass is 163 g/mol. The lowest BCUT2D eigenvalue weighted by Gasteiger charge is -1.98. The highest BCUT2D eigenvalue weighted by Crippen LogP contribution is 2.09. The number of fused-ring (bicyclic) bond motifs is 1. The molecule has 2 rings (SSSR count). The number of rotatable bonds is 2. The van der Waals surface area contributed by atoms with E-state index in [9.17, 15) is 0 Å². The van der Waals surface area contributed by atoms with Gasteiger partial charge in [-0.05, 0) is 6.07 Å². The number of hydrogen-bond donors (Lipinski definition) is 1. The molecular weight excluding hydrogens is 154 g/mol.